The molecule has 0 heterocycles. The number of benzene rings is 3. The monoisotopic (exact) mass is 484 g/mol. The fourth-order valence-electron chi connectivity index (χ4n) is 3.26. The third-order valence-corrected chi connectivity index (χ3v) is 7.62. The number of rotatable bonds is 9. The van der Waals surface area contributed by atoms with Crippen molar-refractivity contribution in [3.63, 3.8) is 0 Å². The lowest BCUT2D eigenvalue weighted by Crippen LogP contribution is -2.27. The predicted octanol–water partition coefficient (Wildman–Crippen LogP) is 5.19. The molecule has 0 aliphatic carbocycles. The molecule has 0 saturated heterocycles. The van der Waals surface area contributed by atoms with Crippen molar-refractivity contribution in [1.29, 1.82) is 0 Å². The van der Waals surface area contributed by atoms with Gasteiger partial charge in [0, 0.05) is 35.3 Å². The topological polar surface area (TPSA) is 75.7 Å². The SMILES string of the molecule is CCOc1ccc(C(=O)Nc2cccc(SC)c2)cc1CN(C)S(=O)(=O)c1ccc(C)cc1. The van der Waals surface area contributed by atoms with Crippen LogP contribution in [0.3, 0.4) is 0 Å². The van der Waals surface area contributed by atoms with Crippen LogP contribution in [0.15, 0.2) is 76.5 Å². The molecule has 0 radical (unpaired) electrons. The Morgan fingerprint density at radius 2 is 1.79 bits per heavy atom. The van der Waals surface area contributed by atoms with Crippen LogP contribution in [-0.4, -0.2) is 38.5 Å². The molecule has 0 fully saturated rings. The third kappa shape index (κ3) is 6.16. The van der Waals surface area contributed by atoms with E-state index in [2.05, 4.69) is 5.32 Å². The highest BCUT2D eigenvalue weighted by molar-refractivity contribution is 7.98. The lowest BCUT2D eigenvalue weighted by Gasteiger charge is -2.20. The van der Waals surface area contributed by atoms with Crippen molar-refractivity contribution >= 4 is 33.4 Å². The van der Waals surface area contributed by atoms with Gasteiger partial charge in [-0.1, -0.05) is 23.8 Å². The highest BCUT2D eigenvalue weighted by Gasteiger charge is 2.23. The van der Waals surface area contributed by atoms with E-state index in [1.807, 2.05) is 44.4 Å². The van der Waals surface area contributed by atoms with Gasteiger partial charge in [-0.15, -0.1) is 11.8 Å². The smallest absolute Gasteiger partial charge is 0.255 e. The van der Waals surface area contributed by atoms with E-state index in [1.54, 1.807) is 54.2 Å². The molecule has 0 aromatic heterocycles. The molecule has 1 N–H and O–H groups in total. The quantitative estimate of drug-likeness (QED) is 0.423. The number of ether oxygens (including phenoxy) is 1. The summed E-state index contributed by atoms with van der Waals surface area (Å²) in [6, 6.07) is 19.4. The molecule has 3 aromatic carbocycles. The zero-order chi connectivity index (χ0) is 24.0. The Hall–Kier alpha value is -2.81. The molecular formula is C25H28N2O4S2. The maximum absolute atomic E-state index is 13.0. The van der Waals surface area contributed by atoms with Gasteiger partial charge in [-0.05, 0) is 68.6 Å². The highest BCUT2D eigenvalue weighted by Crippen LogP contribution is 2.26. The summed E-state index contributed by atoms with van der Waals surface area (Å²) >= 11 is 1.59. The second-order valence-corrected chi connectivity index (χ2v) is 10.4. The third-order valence-electron chi connectivity index (χ3n) is 5.07. The average Bonchev–Trinajstić information content (AvgIpc) is 2.80. The molecule has 33 heavy (non-hydrogen) atoms. The molecule has 0 unspecified atom stereocenters. The molecule has 0 atom stereocenters. The minimum absolute atomic E-state index is 0.0641. The molecule has 174 valence electrons. The lowest BCUT2D eigenvalue weighted by atomic mass is 10.1. The normalized spacial score (nSPS) is 11.4. The molecular weight excluding hydrogens is 456 g/mol. The Bertz CT molecular complexity index is 1230. The maximum atomic E-state index is 13.0. The first-order valence-corrected chi connectivity index (χ1v) is 13.1. The van der Waals surface area contributed by atoms with Crippen LogP contribution in [-0.2, 0) is 16.6 Å². The van der Waals surface area contributed by atoms with Crippen molar-refractivity contribution in [2.24, 2.45) is 0 Å². The van der Waals surface area contributed by atoms with E-state index >= 15 is 0 Å². The first kappa shape index (κ1) is 24.8. The van der Waals surface area contributed by atoms with Gasteiger partial charge in [-0.2, -0.15) is 4.31 Å². The fourth-order valence-corrected chi connectivity index (χ4v) is 4.87. The van der Waals surface area contributed by atoms with Crippen LogP contribution in [0, 0.1) is 6.92 Å². The van der Waals surface area contributed by atoms with Crippen LogP contribution in [0.2, 0.25) is 0 Å². The summed E-state index contributed by atoms with van der Waals surface area (Å²) in [6.45, 7) is 4.25. The number of thioether (sulfide) groups is 1. The van der Waals surface area contributed by atoms with Crippen LogP contribution in [0.25, 0.3) is 0 Å². The van der Waals surface area contributed by atoms with E-state index < -0.39 is 10.0 Å². The van der Waals surface area contributed by atoms with E-state index in [9.17, 15) is 13.2 Å². The standard InChI is InChI=1S/C25H28N2O4S2/c1-5-31-24-14-11-19(25(28)26-21-7-6-8-22(16-21)32-4)15-20(24)17-27(3)33(29,30)23-12-9-18(2)10-13-23/h6-16H,5,17H2,1-4H3,(H,26,28). The molecule has 3 rings (SSSR count). The number of nitrogens with one attached hydrogen (secondary N) is 1. The van der Waals surface area contributed by atoms with E-state index in [0.29, 0.717) is 29.2 Å². The Balaban J connectivity index is 1.86. The van der Waals surface area contributed by atoms with Gasteiger partial charge in [0.2, 0.25) is 10.0 Å². The zero-order valence-corrected chi connectivity index (χ0v) is 20.8. The average molecular weight is 485 g/mol. The van der Waals surface area contributed by atoms with Gasteiger partial charge >= 0.3 is 0 Å². The van der Waals surface area contributed by atoms with E-state index in [4.69, 9.17) is 4.74 Å². The number of aryl methyl sites for hydroxylation is 1. The van der Waals surface area contributed by atoms with Gasteiger partial charge in [0.15, 0.2) is 0 Å². The number of hydrogen-bond acceptors (Lipinski definition) is 5. The summed E-state index contributed by atoms with van der Waals surface area (Å²) in [5, 5.41) is 2.90. The van der Waals surface area contributed by atoms with Crippen LogP contribution >= 0.6 is 11.8 Å². The number of anilines is 1. The number of carbonyl (C=O) groups excluding carboxylic acids is 1. The first-order valence-electron chi connectivity index (χ1n) is 10.5. The highest BCUT2D eigenvalue weighted by atomic mass is 32.2. The summed E-state index contributed by atoms with van der Waals surface area (Å²) in [6.07, 6.45) is 1.97. The fraction of sp³-hybridized carbons (Fsp3) is 0.240. The van der Waals surface area contributed by atoms with Crippen molar-refractivity contribution in [2.75, 3.05) is 25.2 Å². The molecule has 3 aromatic rings. The Labute approximate surface area is 200 Å². The van der Waals surface area contributed by atoms with Crippen molar-refractivity contribution in [1.82, 2.24) is 4.31 Å². The summed E-state index contributed by atoms with van der Waals surface area (Å²) in [5.41, 5.74) is 2.71. The van der Waals surface area contributed by atoms with Gasteiger partial charge in [0.05, 0.1) is 11.5 Å². The van der Waals surface area contributed by atoms with Crippen LogP contribution in [0.5, 0.6) is 5.75 Å². The van der Waals surface area contributed by atoms with E-state index in [-0.39, 0.29) is 17.3 Å². The molecule has 0 spiro atoms. The molecule has 0 aliphatic rings. The summed E-state index contributed by atoms with van der Waals surface area (Å²) in [5.74, 6) is 0.269. The zero-order valence-electron chi connectivity index (χ0n) is 19.2. The number of amides is 1. The first-order chi connectivity index (χ1) is 15.7. The molecule has 0 bridgehead atoms. The minimum atomic E-state index is -3.70. The van der Waals surface area contributed by atoms with Crippen LogP contribution in [0.1, 0.15) is 28.4 Å². The molecule has 1 amide bonds. The predicted molar refractivity (Wildman–Crippen MR) is 134 cm³/mol. The number of hydrogen-bond donors (Lipinski definition) is 1. The lowest BCUT2D eigenvalue weighted by molar-refractivity contribution is 0.102. The molecule has 0 saturated carbocycles. The Kier molecular flexibility index (Phi) is 8.18. The van der Waals surface area contributed by atoms with Gasteiger partial charge in [0.1, 0.15) is 5.75 Å². The van der Waals surface area contributed by atoms with Crippen molar-refractivity contribution in [3.8, 4) is 5.75 Å². The Morgan fingerprint density at radius 1 is 1.06 bits per heavy atom. The second kappa shape index (κ2) is 10.9. The molecule has 6 nitrogen and oxygen atoms in total. The van der Waals surface area contributed by atoms with Crippen molar-refractivity contribution in [2.45, 2.75) is 30.2 Å². The molecule has 8 heteroatoms. The van der Waals surface area contributed by atoms with Gasteiger partial charge in [-0.25, -0.2) is 8.42 Å². The number of nitrogens with zero attached hydrogens (tertiary/aromatic N) is 1. The van der Waals surface area contributed by atoms with E-state index in [1.165, 1.54) is 11.4 Å². The number of sulfonamides is 1. The summed E-state index contributed by atoms with van der Waals surface area (Å²) in [7, 11) is -2.18. The largest absolute Gasteiger partial charge is 0.494 e. The summed E-state index contributed by atoms with van der Waals surface area (Å²) < 4.78 is 33.0. The second-order valence-electron chi connectivity index (χ2n) is 7.52. The van der Waals surface area contributed by atoms with Crippen LogP contribution < -0.4 is 10.1 Å². The van der Waals surface area contributed by atoms with Gasteiger partial charge in [0.25, 0.3) is 5.91 Å². The van der Waals surface area contributed by atoms with Crippen molar-refractivity contribution < 1.29 is 17.9 Å². The maximum Gasteiger partial charge on any atom is 0.255 e. The Morgan fingerprint density at radius 3 is 2.45 bits per heavy atom. The number of carbonyl (C=O) groups is 1. The van der Waals surface area contributed by atoms with Gasteiger partial charge in [-0.3, -0.25) is 4.79 Å². The summed E-state index contributed by atoms with van der Waals surface area (Å²) in [4.78, 5) is 14.1. The van der Waals surface area contributed by atoms with E-state index in [0.717, 1.165) is 10.5 Å². The minimum Gasteiger partial charge on any atom is -0.494 e. The molecule has 0 aliphatic heterocycles. The van der Waals surface area contributed by atoms with Crippen LogP contribution in [0.4, 0.5) is 5.69 Å². The van der Waals surface area contributed by atoms with Gasteiger partial charge < -0.3 is 10.1 Å². The van der Waals surface area contributed by atoms with Crippen molar-refractivity contribution in [3.05, 3.63) is 83.4 Å².